The van der Waals surface area contributed by atoms with E-state index in [1.807, 2.05) is 0 Å². The van der Waals surface area contributed by atoms with Crippen molar-refractivity contribution in [2.24, 2.45) is 0 Å². The van der Waals surface area contributed by atoms with Gasteiger partial charge in [0.05, 0.1) is 4.90 Å². The summed E-state index contributed by atoms with van der Waals surface area (Å²) in [5.41, 5.74) is 0.228. The average molecular weight is 360 g/mol. The number of halogens is 2. The molecule has 0 aromatic heterocycles. The van der Waals surface area contributed by atoms with E-state index in [-0.39, 0.29) is 16.3 Å². The lowest BCUT2D eigenvalue weighted by Gasteiger charge is -2.08. The van der Waals surface area contributed by atoms with Crippen molar-refractivity contribution in [1.82, 2.24) is 0 Å². The van der Waals surface area contributed by atoms with Crippen LogP contribution in [0.4, 0.5) is 23.9 Å². The summed E-state index contributed by atoms with van der Waals surface area (Å²) in [6.07, 6.45) is 0. The van der Waals surface area contributed by atoms with Crippen LogP contribution in [0.2, 0.25) is 0 Å². The zero-order valence-electron chi connectivity index (χ0n) is 11.3. The minimum atomic E-state index is -4.88. The Hall–Kier alpha value is -2.33. The molecule has 2 rings (SSSR count). The van der Waals surface area contributed by atoms with E-state index >= 15 is 0 Å². The van der Waals surface area contributed by atoms with E-state index in [4.69, 9.17) is 0 Å². The van der Waals surface area contributed by atoms with Crippen molar-refractivity contribution in [3.63, 3.8) is 0 Å². The molecule has 2 N–H and O–H groups in total. The zero-order valence-corrected chi connectivity index (χ0v) is 13.0. The number of carbonyl (C=O) groups excluding carboxylic acids is 1. The molecular weight excluding hydrogens is 350 g/mol. The van der Waals surface area contributed by atoms with Crippen molar-refractivity contribution in [2.75, 3.05) is 10.6 Å². The lowest BCUT2D eigenvalue weighted by Crippen LogP contribution is -2.19. The molecule has 0 saturated carbocycles. The van der Waals surface area contributed by atoms with Crippen LogP contribution in [0.15, 0.2) is 58.3 Å². The maximum absolute atomic E-state index is 12.9. The second kappa shape index (κ2) is 6.84. The maximum atomic E-state index is 12.9. The molecule has 0 saturated heterocycles. The smallest absolute Gasteiger partial charge is 0.308 e. The van der Waals surface area contributed by atoms with Crippen LogP contribution in [0.1, 0.15) is 0 Å². The summed E-state index contributed by atoms with van der Waals surface area (Å²) in [4.78, 5) is 11.1. The van der Waals surface area contributed by atoms with Gasteiger partial charge in [-0.05, 0) is 36.4 Å². The number of amides is 2. The monoisotopic (exact) mass is 360 g/mol. The molecule has 0 spiro atoms. The van der Waals surface area contributed by atoms with Gasteiger partial charge in [0.1, 0.15) is 4.90 Å². The summed E-state index contributed by atoms with van der Waals surface area (Å²) in [6, 6.07) is 9.15. The van der Waals surface area contributed by atoms with Crippen LogP contribution in [0, 0.1) is 0 Å². The van der Waals surface area contributed by atoms with E-state index in [1.165, 1.54) is 36.4 Å². The molecule has 10 heteroatoms. The van der Waals surface area contributed by atoms with Gasteiger partial charge >= 0.3 is 16.3 Å². The molecule has 2 aromatic rings. The molecule has 0 heterocycles. The minimum Gasteiger partial charge on any atom is -0.308 e. The first-order chi connectivity index (χ1) is 10.8. The Morgan fingerprint density at radius 2 is 1.57 bits per heavy atom. The Labute approximate surface area is 133 Å². The van der Waals surface area contributed by atoms with Gasteiger partial charge in [0.2, 0.25) is 11.2 Å². The number of nitrogens with one attached hydrogen (secondary N) is 2. The first-order valence-electron chi connectivity index (χ1n) is 6.06. The van der Waals surface area contributed by atoms with Crippen LogP contribution in [0.5, 0.6) is 0 Å². The number of hydrogen-bond donors (Lipinski definition) is 2. The summed E-state index contributed by atoms with van der Waals surface area (Å²) in [5, 5.41) is 4.65. The van der Waals surface area contributed by atoms with Gasteiger partial charge in [0.15, 0.2) is 0 Å². The topological polar surface area (TPSA) is 92.3 Å². The van der Waals surface area contributed by atoms with E-state index in [9.17, 15) is 25.2 Å². The van der Waals surface area contributed by atoms with E-state index in [1.54, 1.807) is 0 Å². The molecule has 0 fully saturated rings. The summed E-state index contributed by atoms with van der Waals surface area (Å²) in [7, 11) is -4.88. The lowest BCUT2D eigenvalue weighted by molar-refractivity contribution is 0.262. The molecule has 122 valence electrons. The number of anilines is 2. The fraction of sp³-hybridized carbons (Fsp3) is 0. The van der Waals surface area contributed by atoms with Crippen LogP contribution in [-0.4, -0.2) is 18.7 Å². The summed E-state index contributed by atoms with van der Waals surface area (Å²) in [5.74, 6) is 0. The molecule has 23 heavy (non-hydrogen) atoms. The SMILES string of the molecule is O=C(Nc1cccc(S(=O)F)c1)Nc1cccc(S(=O)(=O)F)c1. The molecule has 1 unspecified atom stereocenters. The molecule has 0 radical (unpaired) electrons. The van der Waals surface area contributed by atoms with Gasteiger partial charge in [0.25, 0.3) is 0 Å². The van der Waals surface area contributed by atoms with Crippen LogP contribution < -0.4 is 10.6 Å². The van der Waals surface area contributed by atoms with Crippen molar-refractivity contribution >= 4 is 38.8 Å². The van der Waals surface area contributed by atoms with Gasteiger partial charge in [-0.15, -0.1) is 7.77 Å². The highest BCUT2D eigenvalue weighted by atomic mass is 32.3. The van der Waals surface area contributed by atoms with Gasteiger partial charge in [0, 0.05) is 11.4 Å². The summed E-state index contributed by atoms with van der Waals surface area (Å²) in [6.45, 7) is 0. The highest BCUT2D eigenvalue weighted by Gasteiger charge is 2.13. The number of carbonyl (C=O) groups is 1. The second-order valence-electron chi connectivity index (χ2n) is 4.30. The third kappa shape index (κ3) is 4.83. The number of urea groups is 1. The highest BCUT2D eigenvalue weighted by molar-refractivity contribution is 7.86. The van der Waals surface area contributed by atoms with Gasteiger partial charge in [-0.3, -0.25) is 0 Å². The third-order valence-electron chi connectivity index (χ3n) is 2.65. The second-order valence-corrected chi connectivity index (χ2v) is 6.56. The largest absolute Gasteiger partial charge is 0.332 e. The predicted octanol–water partition coefficient (Wildman–Crippen LogP) is 2.98. The van der Waals surface area contributed by atoms with Crippen LogP contribution in [0.25, 0.3) is 0 Å². The van der Waals surface area contributed by atoms with Crippen LogP contribution in [0.3, 0.4) is 0 Å². The van der Waals surface area contributed by atoms with Gasteiger partial charge in [-0.1, -0.05) is 12.1 Å². The molecule has 0 aliphatic heterocycles. The predicted molar refractivity (Wildman–Crippen MR) is 81.3 cm³/mol. The highest BCUT2D eigenvalue weighted by Crippen LogP contribution is 2.18. The van der Waals surface area contributed by atoms with E-state index in [0.717, 1.165) is 12.1 Å². The van der Waals surface area contributed by atoms with Crippen molar-refractivity contribution < 1.29 is 25.2 Å². The molecule has 6 nitrogen and oxygen atoms in total. The normalized spacial score (nSPS) is 12.4. The molecule has 2 amide bonds. The summed E-state index contributed by atoms with van der Waals surface area (Å²) < 4.78 is 57.9. The molecule has 2 aromatic carbocycles. The lowest BCUT2D eigenvalue weighted by atomic mass is 10.3. The van der Waals surface area contributed by atoms with Gasteiger partial charge in [-0.25, -0.2) is 9.00 Å². The average Bonchev–Trinajstić information content (AvgIpc) is 2.46. The van der Waals surface area contributed by atoms with E-state index in [2.05, 4.69) is 10.6 Å². The van der Waals surface area contributed by atoms with Gasteiger partial charge in [-0.2, -0.15) is 8.42 Å². The molecular formula is C13H10F2N2O4S2. The third-order valence-corrected chi connectivity index (χ3v) is 4.09. The minimum absolute atomic E-state index is 0.0476. The molecule has 0 aliphatic carbocycles. The Morgan fingerprint density at radius 1 is 1.00 bits per heavy atom. The van der Waals surface area contributed by atoms with Crippen molar-refractivity contribution in [3.8, 4) is 0 Å². The van der Waals surface area contributed by atoms with Gasteiger partial charge < -0.3 is 10.6 Å². The van der Waals surface area contributed by atoms with E-state index in [0.29, 0.717) is 0 Å². The number of rotatable bonds is 4. The van der Waals surface area contributed by atoms with Crippen molar-refractivity contribution in [3.05, 3.63) is 48.5 Å². The molecule has 1 atom stereocenters. The quantitative estimate of drug-likeness (QED) is 0.820. The van der Waals surface area contributed by atoms with Crippen LogP contribution >= 0.6 is 0 Å². The van der Waals surface area contributed by atoms with Crippen LogP contribution in [-0.2, 0) is 21.4 Å². The van der Waals surface area contributed by atoms with E-state index < -0.39 is 32.3 Å². The zero-order chi connectivity index (χ0) is 17.0. The standard InChI is InChI=1S/C13H10F2N2O4S2/c14-22(19)11-5-1-3-9(7-11)16-13(18)17-10-4-2-6-12(8-10)23(15,20)21/h1-8H,(H2,16,17,18). The fourth-order valence-corrected chi connectivity index (χ4v) is 2.61. The Morgan fingerprint density at radius 3 is 2.13 bits per heavy atom. The maximum Gasteiger partial charge on any atom is 0.332 e. The number of benzene rings is 2. The Kier molecular flexibility index (Phi) is 5.06. The van der Waals surface area contributed by atoms with Crippen molar-refractivity contribution in [2.45, 2.75) is 9.79 Å². The number of hydrogen-bond acceptors (Lipinski definition) is 4. The van der Waals surface area contributed by atoms with Crippen molar-refractivity contribution in [1.29, 1.82) is 0 Å². The summed E-state index contributed by atoms with van der Waals surface area (Å²) >= 11 is -2.69. The molecule has 0 aliphatic rings. The Balaban J connectivity index is 2.11. The first-order valence-corrected chi connectivity index (χ1v) is 8.50. The first kappa shape index (κ1) is 17.0. The Bertz CT molecular complexity index is 872. The molecule has 0 bridgehead atoms. The fourth-order valence-electron chi connectivity index (χ4n) is 1.69.